The van der Waals surface area contributed by atoms with Crippen LogP contribution in [0.25, 0.3) is 0 Å². The summed E-state index contributed by atoms with van der Waals surface area (Å²) >= 11 is 0. The molecule has 0 radical (unpaired) electrons. The number of hydrogen-bond donors (Lipinski definition) is 1. The predicted octanol–water partition coefficient (Wildman–Crippen LogP) is 1.76. The van der Waals surface area contributed by atoms with Gasteiger partial charge in [-0.1, -0.05) is 27.7 Å². The van der Waals surface area contributed by atoms with Gasteiger partial charge in [-0.25, -0.2) is 4.79 Å². The Morgan fingerprint density at radius 2 is 2.00 bits per heavy atom. The molecule has 0 aliphatic carbocycles. The highest BCUT2D eigenvalue weighted by Gasteiger charge is 2.40. The topological polar surface area (TPSA) is 66.8 Å². The smallest absolute Gasteiger partial charge is 0.326 e. The normalized spacial score (nSPS) is 25.4. The summed E-state index contributed by atoms with van der Waals surface area (Å²) in [4.78, 5) is 25.0. The van der Waals surface area contributed by atoms with E-state index >= 15 is 0 Å². The minimum absolute atomic E-state index is 0.0365. The van der Waals surface area contributed by atoms with Crippen LogP contribution in [0.2, 0.25) is 0 Å². The van der Waals surface area contributed by atoms with Gasteiger partial charge in [-0.2, -0.15) is 0 Å². The van der Waals surface area contributed by atoms with Gasteiger partial charge in [-0.05, 0) is 11.3 Å². The van der Waals surface area contributed by atoms with Gasteiger partial charge in [-0.3, -0.25) is 4.79 Å². The zero-order valence-electron chi connectivity index (χ0n) is 12.5. The Balaban J connectivity index is 2.72. The number of carbonyl (C=O) groups excluding carboxylic acids is 1. The number of ether oxygens (including phenoxy) is 1. The van der Waals surface area contributed by atoms with E-state index in [1.165, 1.54) is 4.90 Å². The van der Waals surface area contributed by atoms with Crippen LogP contribution in [-0.2, 0) is 14.3 Å². The molecule has 110 valence electrons. The van der Waals surface area contributed by atoms with Crippen LogP contribution in [0, 0.1) is 11.3 Å². The van der Waals surface area contributed by atoms with E-state index in [-0.39, 0.29) is 23.3 Å². The number of rotatable bonds is 4. The highest BCUT2D eigenvalue weighted by atomic mass is 16.5. The van der Waals surface area contributed by atoms with Crippen molar-refractivity contribution in [3.05, 3.63) is 0 Å². The second-order valence-electron chi connectivity index (χ2n) is 6.46. The molecule has 0 aromatic rings. The first-order valence-electron chi connectivity index (χ1n) is 6.72. The lowest BCUT2D eigenvalue weighted by Gasteiger charge is -2.29. The summed E-state index contributed by atoms with van der Waals surface area (Å²) < 4.78 is 5.19. The molecule has 3 unspecified atom stereocenters. The third-order valence-corrected chi connectivity index (χ3v) is 4.16. The standard InChI is InChI=1S/C14H25NO4/c1-9(14(2,3)4)6-12(16)15-8-10(19-5)7-11(15)13(17)18/h9-11H,6-8H2,1-5H3,(H,17,18). The molecular formula is C14H25NO4. The summed E-state index contributed by atoms with van der Waals surface area (Å²) in [5.41, 5.74) is 0.0365. The van der Waals surface area contributed by atoms with Crippen LogP contribution in [0.15, 0.2) is 0 Å². The molecule has 1 rings (SSSR count). The molecule has 1 aliphatic heterocycles. The average molecular weight is 271 g/mol. The molecule has 1 N–H and O–H groups in total. The quantitative estimate of drug-likeness (QED) is 0.846. The molecule has 5 nitrogen and oxygen atoms in total. The third kappa shape index (κ3) is 3.93. The minimum atomic E-state index is -0.948. The van der Waals surface area contributed by atoms with E-state index in [2.05, 4.69) is 20.8 Å². The number of carboxylic acid groups (broad SMARTS) is 1. The first kappa shape index (κ1) is 16.0. The lowest BCUT2D eigenvalue weighted by atomic mass is 9.80. The molecule has 1 aliphatic rings. The molecular weight excluding hydrogens is 246 g/mol. The van der Waals surface area contributed by atoms with Crippen LogP contribution in [0.4, 0.5) is 0 Å². The Kier molecular flexibility index (Phi) is 4.96. The zero-order chi connectivity index (χ0) is 14.8. The van der Waals surface area contributed by atoms with E-state index in [1.54, 1.807) is 7.11 Å². The molecule has 0 bridgehead atoms. The fourth-order valence-corrected chi connectivity index (χ4v) is 2.16. The summed E-state index contributed by atoms with van der Waals surface area (Å²) in [5, 5.41) is 9.19. The average Bonchev–Trinajstić information content (AvgIpc) is 2.71. The molecule has 1 fully saturated rings. The van der Waals surface area contributed by atoms with Gasteiger partial charge >= 0.3 is 5.97 Å². The van der Waals surface area contributed by atoms with E-state index in [1.807, 2.05) is 6.92 Å². The number of methoxy groups -OCH3 is 1. The predicted molar refractivity (Wildman–Crippen MR) is 71.8 cm³/mol. The maximum absolute atomic E-state index is 12.3. The molecule has 1 heterocycles. The van der Waals surface area contributed by atoms with E-state index in [4.69, 9.17) is 4.74 Å². The van der Waals surface area contributed by atoms with E-state index in [0.717, 1.165) is 0 Å². The van der Waals surface area contributed by atoms with Gasteiger partial charge in [-0.15, -0.1) is 0 Å². The number of hydrogen-bond acceptors (Lipinski definition) is 3. The van der Waals surface area contributed by atoms with Crippen molar-refractivity contribution in [1.82, 2.24) is 4.90 Å². The first-order chi connectivity index (χ1) is 8.66. The molecule has 0 aromatic carbocycles. The van der Waals surface area contributed by atoms with E-state index in [9.17, 15) is 14.7 Å². The summed E-state index contributed by atoms with van der Waals surface area (Å²) in [6, 6.07) is -0.746. The number of carboxylic acids is 1. The molecule has 19 heavy (non-hydrogen) atoms. The van der Waals surface area contributed by atoms with Crippen molar-refractivity contribution in [3.63, 3.8) is 0 Å². The van der Waals surface area contributed by atoms with Gasteiger partial charge < -0.3 is 14.7 Å². The Morgan fingerprint density at radius 1 is 1.42 bits per heavy atom. The number of aliphatic carboxylic acids is 1. The van der Waals surface area contributed by atoms with Crippen LogP contribution in [0.5, 0.6) is 0 Å². The van der Waals surface area contributed by atoms with Gasteiger partial charge in [0.25, 0.3) is 0 Å². The highest BCUT2D eigenvalue weighted by molar-refractivity contribution is 5.84. The minimum Gasteiger partial charge on any atom is -0.480 e. The van der Waals surface area contributed by atoms with Crippen molar-refractivity contribution < 1.29 is 19.4 Å². The van der Waals surface area contributed by atoms with Crippen molar-refractivity contribution in [2.45, 2.75) is 52.7 Å². The van der Waals surface area contributed by atoms with Crippen molar-refractivity contribution >= 4 is 11.9 Å². The van der Waals surface area contributed by atoms with Crippen molar-refractivity contribution in [2.24, 2.45) is 11.3 Å². The Morgan fingerprint density at radius 3 is 2.42 bits per heavy atom. The second kappa shape index (κ2) is 5.90. The number of amides is 1. The Bertz CT molecular complexity index is 348. The van der Waals surface area contributed by atoms with Crippen LogP contribution in [0.3, 0.4) is 0 Å². The van der Waals surface area contributed by atoms with Crippen molar-refractivity contribution in [2.75, 3.05) is 13.7 Å². The summed E-state index contributed by atoms with van der Waals surface area (Å²) in [7, 11) is 1.55. The summed E-state index contributed by atoms with van der Waals surface area (Å²) in [5.74, 6) is -0.832. The fourth-order valence-electron chi connectivity index (χ4n) is 2.16. The van der Waals surface area contributed by atoms with Gasteiger partial charge in [0.1, 0.15) is 6.04 Å². The van der Waals surface area contributed by atoms with Gasteiger partial charge in [0.15, 0.2) is 0 Å². The molecule has 1 amide bonds. The van der Waals surface area contributed by atoms with Crippen LogP contribution >= 0.6 is 0 Å². The fraction of sp³-hybridized carbons (Fsp3) is 0.857. The van der Waals surface area contributed by atoms with Crippen molar-refractivity contribution in [1.29, 1.82) is 0 Å². The maximum Gasteiger partial charge on any atom is 0.326 e. The lowest BCUT2D eigenvalue weighted by molar-refractivity contribution is -0.148. The Labute approximate surface area is 114 Å². The van der Waals surface area contributed by atoms with E-state index in [0.29, 0.717) is 19.4 Å². The molecule has 1 saturated heterocycles. The molecule has 0 aromatic heterocycles. The van der Waals surface area contributed by atoms with Gasteiger partial charge in [0.2, 0.25) is 5.91 Å². The molecule has 0 saturated carbocycles. The monoisotopic (exact) mass is 271 g/mol. The van der Waals surface area contributed by atoms with Crippen LogP contribution < -0.4 is 0 Å². The highest BCUT2D eigenvalue weighted by Crippen LogP contribution is 2.30. The summed E-state index contributed by atoms with van der Waals surface area (Å²) in [6.45, 7) is 8.66. The SMILES string of the molecule is COC1CC(C(=O)O)N(C(=O)CC(C)C(C)(C)C)C1. The van der Waals surface area contributed by atoms with Gasteiger partial charge in [0.05, 0.1) is 6.10 Å². The molecule has 0 spiro atoms. The largest absolute Gasteiger partial charge is 0.480 e. The number of likely N-dealkylation sites (tertiary alicyclic amines) is 1. The van der Waals surface area contributed by atoms with Gasteiger partial charge in [0, 0.05) is 26.5 Å². The third-order valence-electron chi connectivity index (χ3n) is 4.16. The molecule has 3 atom stereocenters. The van der Waals surface area contributed by atoms with Crippen LogP contribution in [0.1, 0.15) is 40.5 Å². The Hall–Kier alpha value is -1.10. The summed E-state index contributed by atoms with van der Waals surface area (Å²) in [6.07, 6.45) is 0.584. The second-order valence-corrected chi connectivity index (χ2v) is 6.46. The zero-order valence-corrected chi connectivity index (χ0v) is 12.5. The lowest BCUT2D eigenvalue weighted by Crippen LogP contribution is -2.42. The van der Waals surface area contributed by atoms with Crippen molar-refractivity contribution in [3.8, 4) is 0 Å². The van der Waals surface area contributed by atoms with E-state index < -0.39 is 12.0 Å². The van der Waals surface area contributed by atoms with Crippen LogP contribution in [-0.4, -0.2) is 47.7 Å². The number of nitrogens with zero attached hydrogens (tertiary/aromatic N) is 1. The first-order valence-corrected chi connectivity index (χ1v) is 6.72. The molecule has 5 heteroatoms. The maximum atomic E-state index is 12.3. The number of carbonyl (C=O) groups is 2.